The molecule has 0 radical (unpaired) electrons. The van der Waals surface area contributed by atoms with Crippen LogP contribution >= 0.6 is 0 Å². The van der Waals surface area contributed by atoms with Crippen molar-refractivity contribution in [2.75, 3.05) is 6.61 Å². The molecule has 110 valence electrons. The van der Waals surface area contributed by atoms with E-state index in [1.165, 1.54) is 6.07 Å². The summed E-state index contributed by atoms with van der Waals surface area (Å²) in [5.41, 5.74) is 0.0850. The number of ketones is 1. The van der Waals surface area contributed by atoms with E-state index in [0.717, 1.165) is 12.1 Å². The van der Waals surface area contributed by atoms with Gasteiger partial charge >= 0.3 is 5.97 Å². The number of esters is 1. The summed E-state index contributed by atoms with van der Waals surface area (Å²) in [6.07, 6.45) is 0.761. The van der Waals surface area contributed by atoms with Gasteiger partial charge in [0.25, 0.3) is 0 Å². The first-order valence-electron chi connectivity index (χ1n) is 6.62. The fourth-order valence-corrected chi connectivity index (χ4v) is 1.92. The first-order valence-corrected chi connectivity index (χ1v) is 6.62. The first-order chi connectivity index (χ1) is 9.49. The summed E-state index contributed by atoms with van der Waals surface area (Å²) in [5.74, 6) is -3.35. The van der Waals surface area contributed by atoms with Crippen molar-refractivity contribution in [1.82, 2.24) is 0 Å². The van der Waals surface area contributed by atoms with Crippen LogP contribution in [-0.4, -0.2) is 18.4 Å². The number of carbonyl (C=O) groups is 2. The average molecular weight is 284 g/mol. The van der Waals surface area contributed by atoms with Crippen LogP contribution in [0, 0.1) is 17.6 Å². The molecule has 1 unspecified atom stereocenters. The number of benzene rings is 1. The van der Waals surface area contributed by atoms with Crippen LogP contribution in [0.2, 0.25) is 0 Å². The van der Waals surface area contributed by atoms with E-state index in [9.17, 15) is 18.4 Å². The van der Waals surface area contributed by atoms with Crippen molar-refractivity contribution in [3.05, 3.63) is 35.4 Å². The number of hydrogen-bond donors (Lipinski definition) is 0. The summed E-state index contributed by atoms with van der Waals surface area (Å²) in [5, 5.41) is 0. The molecular weight excluding hydrogens is 266 g/mol. The lowest BCUT2D eigenvalue weighted by Gasteiger charge is -2.13. The fourth-order valence-electron chi connectivity index (χ4n) is 1.92. The molecular formula is C15H18F2O3. The summed E-state index contributed by atoms with van der Waals surface area (Å²) in [4.78, 5) is 23.8. The minimum absolute atomic E-state index is 0.0850. The van der Waals surface area contributed by atoms with Crippen molar-refractivity contribution < 1.29 is 23.1 Å². The van der Waals surface area contributed by atoms with Gasteiger partial charge in [-0.3, -0.25) is 9.59 Å². The Morgan fingerprint density at radius 1 is 1.25 bits per heavy atom. The molecule has 0 N–H and O–H groups in total. The largest absolute Gasteiger partial charge is 0.465 e. The van der Waals surface area contributed by atoms with Crippen LogP contribution in [0.5, 0.6) is 0 Å². The van der Waals surface area contributed by atoms with Crippen molar-refractivity contribution in [2.45, 2.75) is 33.1 Å². The maximum absolute atomic E-state index is 13.5. The molecule has 0 fully saturated rings. The smallest absolute Gasteiger partial charge is 0.316 e. The highest BCUT2D eigenvalue weighted by Gasteiger charge is 2.27. The minimum atomic E-state index is -0.885. The first kappa shape index (κ1) is 16.3. The molecule has 0 heterocycles. The summed E-state index contributed by atoms with van der Waals surface area (Å²) in [6, 6.07) is 3.03. The van der Waals surface area contributed by atoms with E-state index in [2.05, 4.69) is 0 Å². The van der Waals surface area contributed by atoms with Crippen LogP contribution in [0.3, 0.4) is 0 Å². The Morgan fingerprint density at radius 3 is 2.50 bits per heavy atom. The third-order valence-electron chi connectivity index (χ3n) is 2.92. The van der Waals surface area contributed by atoms with Gasteiger partial charge in [0.05, 0.1) is 6.61 Å². The SMILES string of the molecule is CCCC(C(=O)Cc1ccc(F)cc1F)C(=O)OCC. The lowest BCUT2D eigenvalue weighted by Crippen LogP contribution is -2.27. The molecule has 20 heavy (non-hydrogen) atoms. The topological polar surface area (TPSA) is 43.4 Å². The van der Waals surface area contributed by atoms with Crippen molar-refractivity contribution >= 4 is 11.8 Å². The fraction of sp³-hybridized carbons (Fsp3) is 0.467. The molecule has 0 bridgehead atoms. The van der Waals surface area contributed by atoms with Gasteiger partial charge in [0.2, 0.25) is 0 Å². The molecule has 0 aliphatic rings. The Labute approximate surface area is 116 Å². The predicted molar refractivity (Wildman–Crippen MR) is 70.1 cm³/mol. The van der Waals surface area contributed by atoms with Crippen LogP contribution in [0.1, 0.15) is 32.3 Å². The molecule has 3 nitrogen and oxygen atoms in total. The highest BCUT2D eigenvalue weighted by atomic mass is 19.1. The molecule has 1 atom stereocenters. The van der Waals surface area contributed by atoms with E-state index in [0.29, 0.717) is 12.8 Å². The molecule has 1 aromatic carbocycles. The highest BCUT2D eigenvalue weighted by Crippen LogP contribution is 2.16. The minimum Gasteiger partial charge on any atom is -0.465 e. The quantitative estimate of drug-likeness (QED) is 0.571. The van der Waals surface area contributed by atoms with Crippen molar-refractivity contribution in [3.63, 3.8) is 0 Å². The van der Waals surface area contributed by atoms with Gasteiger partial charge in [-0.25, -0.2) is 8.78 Å². The van der Waals surface area contributed by atoms with Gasteiger partial charge in [-0.1, -0.05) is 19.4 Å². The number of ether oxygens (including phenoxy) is 1. The van der Waals surface area contributed by atoms with Crippen LogP contribution in [0.4, 0.5) is 8.78 Å². The number of hydrogen-bond acceptors (Lipinski definition) is 3. The van der Waals surface area contributed by atoms with E-state index in [4.69, 9.17) is 4.74 Å². The number of halogens is 2. The van der Waals surface area contributed by atoms with Crippen molar-refractivity contribution in [3.8, 4) is 0 Å². The van der Waals surface area contributed by atoms with Gasteiger partial charge in [0.15, 0.2) is 5.78 Å². The molecule has 0 aliphatic heterocycles. The zero-order chi connectivity index (χ0) is 15.1. The van der Waals surface area contributed by atoms with Crippen LogP contribution in [-0.2, 0) is 20.7 Å². The van der Waals surface area contributed by atoms with Gasteiger partial charge in [-0.15, -0.1) is 0 Å². The Bertz CT molecular complexity index is 486. The van der Waals surface area contributed by atoms with E-state index < -0.39 is 29.3 Å². The van der Waals surface area contributed by atoms with Gasteiger partial charge < -0.3 is 4.74 Å². The molecule has 0 saturated carbocycles. The van der Waals surface area contributed by atoms with E-state index >= 15 is 0 Å². The summed E-state index contributed by atoms with van der Waals surface area (Å²) in [6.45, 7) is 3.69. The lowest BCUT2D eigenvalue weighted by atomic mass is 9.93. The second-order valence-corrected chi connectivity index (χ2v) is 4.47. The van der Waals surface area contributed by atoms with Gasteiger partial charge in [-0.05, 0) is 25.0 Å². The number of rotatable bonds is 7. The molecule has 0 aliphatic carbocycles. The van der Waals surface area contributed by atoms with Gasteiger partial charge in [0.1, 0.15) is 17.6 Å². The Balaban J connectivity index is 2.82. The average Bonchev–Trinajstić information content (AvgIpc) is 2.39. The third kappa shape index (κ3) is 4.40. The number of Topliss-reactive ketones (excluding diaryl/α,β-unsaturated/α-hetero) is 1. The zero-order valence-electron chi connectivity index (χ0n) is 11.6. The van der Waals surface area contributed by atoms with Crippen LogP contribution < -0.4 is 0 Å². The maximum atomic E-state index is 13.5. The van der Waals surface area contributed by atoms with Crippen LogP contribution in [0.15, 0.2) is 18.2 Å². The van der Waals surface area contributed by atoms with Crippen molar-refractivity contribution in [1.29, 1.82) is 0 Å². The summed E-state index contributed by atoms with van der Waals surface area (Å²) in [7, 11) is 0. The van der Waals surface area contributed by atoms with Crippen LogP contribution in [0.25, 0.3) is 0 Å². The second kappa shape index (κ2) is 7.72. The molecule has 5 heteroatoms. The van der Waals surface area contributed by atoms with E-state index in [1.807, 2.05) is 6.92 Å². The highest BCUT2D eigenvalue weighted by molar-refractivity contribution is 5.99. The Hall–Kier alpha value is -1.78. The monoisotopic (exact) mass is 284 g/mol. The third-order valence-corrected chi connectivity index (χ3v) is 2.92. The molecule has 0 amide bonds. The van der Waals surface area contributed by atoms with E-state index in [-0.39, 0.29) is 18.6 Å². The zero-order valence-corrected chi connectivity index (χ0v) is 11.6. The Morgan fingerprint density at radius 2 is 1.95 bits per heavy atom. The predicted octanol–water partition coefficient (Wildman–Crippen LogP) is 3.06. The maximum Gasteiger partial charge on any atom is 0.316 e. The summed E-state index contributed by atoms with van der Waals surface area (Å²) < 4.78 is 31.1. The molecule has 1 aromatic rings. The Kier molecular flexibility index (Phi) is 6.28. The van der Waals surface area contributed by atoms with E-state index in [1.54, 1.807) is 6.92 Å². The van der Waals surface area contributed by atoms with Gasteiger partial charge in [-0.2, -0.15) is 0 Å². The van der Waals surface area contributed by atoms with Gasteiger partial charge in [0, 0.05) is 12.5 Å². The normalized spacial score (nSPS) is 12.0. The second-order valence-electron chi connectivity index (χ2n) is 4.47. The van der Waals surface area contributed by atoms with Crippen molar-refractivity contribution in [2.24, 2.45) is 5.92 Å². The molecule has 1 rings (SSSR count). The molecule has 0 saturated heterocycles. The lowest BCUT2D eigenvalue weighted by molar-refractivity contribution is -0.151. The molecule has 0 aromatic heterocycles. The molecule has 0 spiro atoms. The summed E-state index contributed by atoms with van der Waals surface area (Å²) >= 11 is 0. The number of carbonyl (C=O) groups excluding carboxylic acids is 2. The standard InChI is InChI=1S/C15H18F2O3/c1-3-5-12(15(19)20-4-2)14(18)8-10-6-7-11(16)9-13(10)17/h6-7,9,12H,3-5,8H2,1-2H3.